The molecule has 1 N–H and O–H groups in total. The minimum atomic E-state index is -0.548. The summed E-state index contributed by atoms with van der Waals surface area (Å²) in [5, 5.41) is 9.82. The second kappa shape index (κ2) is 2.94. The third-order valence-electron chi connectivity index (χ3n) is 3.79. The van der Waals surface area contributed by atoms with Gasteiger partial charge in [-0.25, -0.2) is 0 Å². The van der Waals surface area contributed by atoms with E-state index >= 15 is 0 Å². The molecule has 3 aliphatic rings. The van der Waals surface area contributed by atoms with Gasteiger partial charge in [-0.3, -0.25) is 0 Å². The van der Waals surface area contributed by atoms with Gasteiger partial charge in [0.1, 0.15) is 6.10 Å². The summed E-state index contributed by atoms with van der Waals surface area (Å²) in [6.45, 7) is 5.95. The highest BCUT2D eigenvalue weighted by Crippen LogP contribution is 2.49. The van der Waals surface area contributed by atoms with Gasteiger partial charge in [0.05, 0.1) is 12.2 Å². The molecular weight excluding hydrogens is 196 g/mol. The Morgan fingerprint density at radius 3 is 2.67 bits per heavy atom. The maximum absolute atomic E-state index is 9.82. The van der Waals surface area contributed by atoms with Gasteiger partial charge in [0.2, 0.25) is 0 Å². The van der Waals surface area contributed by atoms with E-state index in [1.165, 1.54) is 0 Å². The Balaban J connectivity index is 1.84. The van der Waals surface area contributed by atoms with Gasteiger partial charge in [0, 0.05) is 5.92 Å². The SMILES string of the molecule is C[C@H]1C[C@@H](O)[C@H]2O[C@@H]3OC(C)(C)O[C@@H]3[C@H]21. The van der Waals surface area contributed by atoms with Crippen LogP contribution in [0.1, 0.15) is 27.2 Å². The van der Waals surface area contributed by atoms with Crippen LogP contribution >= 0.6 is 0 Å². The van der Waals surface area contributed by atoms with E-state index in [1.807, 2.05) is 13.8 Å². The minimum Gasteiger partial charge on any atom is -0.390 e. The van der Waals surface area contributed by atoms with Crippen molar-refractivity contribution < 1.29 is 19.3 Å². The van der Waals surface area contributed by atoms with Crippen LogP contribution in [-0.4, -0.2) is 35.5 Å². The maximum atomic E-state index is 9.82. The highest BCUT2D eigenvalue weighted by molar-refractivity contribution is 5.02. The summed E-state index contributed by atoms with van der Waals surface area (Å²) in [5.41, 5.74) is 0. The van der Waals surface area contributed by atoms with E-state index in [-0.39, 0.29) is 30.5 Å². The smallest absolute Gasteiger partial charge is 0.187 e. The quantitative estimate of drug-likeness (QED) is 0.650. The van der Waals surface area contributed by atoms with Gasteiger partial charge < -0.3 is 19.3 Å². The summed E-state index contributed by atoms with van der Waals surface area (Å²) >= 11 is 0. The Morgan fingerprint density at radius 2 is 1.93 bits per heavy atom. The summed E-state index contributed by atoms with van der Waals surface area (Å²) in [4.78, 5) is 0. The lowest BCUT2D eigenvalue weighted by Gasteiger charge is -2.23. The number of fused-ring (bicyclic) bond motifs is 3. The predicted molar refractivity (Wildman–Crippen MR) is 52.0 cm³/mol. The summed E-state index contributed by atoms with van der Waals surface area (Å²) in [7, 11) is 0. The normalized spacial score (nSPS) is 56.8. The molecule has 0 spiro atoms. The van der Waals surface area contributed by atoms with E-state index in [0.29, 0.717) is 5.92 Å². The van der Waals surface area contributed by atoms with Crippen molar-refractivity contribution in [3.8, 4) is 0 Å². The Hall–Kier alpha value is -0.160. The fourth-order valence-corrected chi connectivity index (χ4v) is 3.22. The molecule has 3 rings (SSSR count). The molecule has 0 aromatic heterocycles. The van der Waals surface area contributed by atoms with Crippen LogP contribution in [0.5, 0.6) is 0 Å². The van der Waals surface area contributed by atoms with Gasteiger partial charge in [-0.1, -0.05) is 6.92 Å². The van der Waals surface area contributed by atoms with Crippen LogP contribution in [0.4, 0.5) is 0 Å². The Morgan fingerprint density at radius 1 is 1.20 bits per heavy atom. The average molecular weight is 214 g/mol. The predicted octanol–water partition coefficient (Wildman–Crippen LogP) is 0.880. The zero-order valence-corrected chi connectivity index (χ0v) is 9.34. The molecule has 2 aliphatic heterocycles. The minimum absolute atomic E-state index is 0.00264. The fraction of sp³-hybridized carbons (Fsp3) is 1.00. The molecule has 86 valence electrons. The highest BCUT2D eigenvalue weighted by Gasteiger charge is 2.60. The second-order valence-electron chi connectivity index (χ2n) is 5.43. The number of aliphatic hydroxyl groups is 1. The van der Waals surface area contributed by atoms with Crippen LogP contribution in [0, 0.1) is 11.8 Å². The number of rotatable bonds is 0. The highest BCUT2D eigenvalue weighted by atomic mass is 16.8. The molecule has 0 aromatic carbocycles. The molecule has 6 atom stereocenters. The summed E-state index contributed by atoms with van der Waals surface area (Å²) < 4.78 is 17.2. The summed E-state index contributed by atoms with van der Waals surface area (Å²) in [6, 6.07) is 0. The first-order valence-corrected chi connectivity index (χ1v) is 5.67. The van der Waals surface area contributed by atoms with E-state index in [9.17, 15) is 5.11 Å². The van der Waals surface area contributed by atoms with Crippen molar-refractivity contribution in [2.45, 2.75) is 57.6 Å². The molecule has 4 nitrogen and oxygen atoms in total. The van der Waals surface area contributed by atoms with Gasteiger partial charge in [-0.2, -0.15) is 0 Å². The molecule has 2 heterocycles. The number of aliphatic hydroxyl groups excluding tert-OH is 1. The van der Waals surface area contributed by atoms with E-state index in [1.54, 1.807) is 0 Å². The molecule has 1 aliphatic carbocycles. The van der Waals surface area contributed by atoms with Crippen LogP contribution in [0.25, 0.3) is 0 Å². The molecule has 4 heteroatoms. The molecule has 3 fully saturated rings. The van der Waals surface area contributed by atoms with Crippen molar-refractivity contribution in [2.75, 3.05) is 0 Å². The van der Waals surface area contributed by atoms with Gasteiger partial charge in [0.25, 0.3) is 0 Å². The van der Waals surface area contributed by atoms with Crippen LogP contribution < -0.4 is 0 Å². The van der Waals surface area contributed by atoms with Crippen molar-refractivity contribution in [2.24, 2.45) is 11.8 Å². The summed E-state index contributed by atoms with van der Waals surface area (Å²) in [5.74, 6) is 0.178. The molecule has 0 amide bonds. The number of hydrogen-bond acceptors (Lipinski definition) is 4. The molecule has 2 saturated heterocycles. The van der Waals surface area contributed by atoms with Gasteiger partial charge >= 0.3 is 0 Å². The zero-order chi connectivity index (χ0) is 10.8. The second-order valence-corrected chi connectivity index (χ2v) is 5.43. The third kappa shape index (κ3) is 1.35. The van der Waals surface area contributed by atoms with Crippen molar-refractivity contribution in [1.82, 2.24) is 0 Å². The fourth-order valence-electron chi connectivity index (χ4n) is 3.22. The number of ether oxygens (including phenoxy) is 3. The Labute approximate surface area is 89.5 Å². The van der Waals surface area contributed by atoms with Crippen molar-refractivity contribution >= 4 is 0 Å². The average Bonchev–Trinajstić information content (AvgIpc) is 2.62. The van der Waals surface area contributed by atoms with E-state index in [0.717, 1.165) is 6.42 Å². The topological polar surface area (TPSA) is 47.9 Å². The molecular formula is C11H18O4. The van der Waals surface area contributed by atoms with Crippen LogP contribution in [0.15, 0.2) is 0 Å². The standard InChI is InChI=1S/C11H18O4/c1-5-4-6(12)8-7(5)9-10(13-8)15-11(2,3)14-9/h5-10,12H,4H2,1-3H3/t5-,6+,7-,8+,9+,10+/m0/s1. The zero-order valence-electron chi connectivity index (χ0n) is 9.34. The molecule has 0 bridgehead atoms. The first-order chi connectivity index (χ1) is 6.98. The molecule has 0 radical (unpaired) electrons. The van der Waals surface area contributed by atoms with Crippen LogP contribution in [-0.2, 0) is 14.2 Å². The van der Waals surface area contributed by atoms with Crippen LogP contribution in [0.3, 0.4) is 0 Å². The maximum Gasteiger partial charge on any atom is 0.187 e. The van der Waals surface area contributed by atoms with Crippen molar-refractivity contribution in [3.05, 3.63) is 0 Å². The largest absolute Gasteiger partial charge is 0.390 e. The van der Waals surface area contributed by atoms with Crippen LogP contribution in [0.2, 0.25) is 0 Å². The van der Waals surface area contributed by atoms with E-state index < -0.39 is 5.79 Å². The lowest BCUT2D eigenvalue weighted by molar-refractivity contribution is -0.215. The first-order valence-electron chi connectivity index (χ1n) is 5.67. The Bertz CT molecular complexity index is 278. The lowest BCUT2D eigenvalue weighted by atomic mass is 9.92. The van der Waals surface area contributed by atoms with Gasteiger partial charge in [-0.15, -0.1) is 0 Å². The number of hydrogen-bond donors (Lipinski definition) is 1. The molecule has 0 unspecified atom stereocenters. The first kappa shape index (κ1) is 10.0. The molecule has 15 heavy (non-hydrogen) atoms. The van der Waals surface area contributed by atoms with Gasteiger partial charge in [-0.05, 0) is 26.2 Å². The van der Waals surface area contributed by atoms with Crippen molar-refractivity contribution in [3.63, 3.8) is 0 Å². The Kier molecular flexibility index (Phi) is 1.97. The van der Waals surface area contributed by atoms with E-state index in [4.69, 9.17) is 14.2 Å². The monoisotopic (exact) mass is 214 g/mol. The van der Waals surface area contributed by atoms with Crippen molar-refractivity contribution in [1.29, 1.82) is 0 Å². The van der Waals surface area contributed by atoms with Gasteiger partial charge in [0.15, 0.2) is 12.1 Å². The summed E-state index contributed by atoms with van der Waals surface area (Å²) in [6.07, 6.45) is 0.0732. The molecule has 1 saturated carbocycles. The molecule has 0 aromatic rings. The lowest BCUT2D eigenvalue weighted by Crippen LogP contribution is -2.32. The third-order valence-corrected chi connectivity index (χ3v) is 3.79. The van der Waals surface area contributed by atoms with E-state index in [2.05, 4.69) is 6.92 Å².